The van der Waals surface area contributed by atoms with Crippen molar-refractivity contribution in [1.82, 2.24) is 14.5 Å². The Hall–Kier alpha value is -6.84. The Morgan fingerprint density at radius 1 is 0.364 bits per heavy atom. The summed E-state index contributed by atoms with van der Waals surface area (Å²) in [4.78, 5) is 10.6. The summed E-state index contributed by atoms with van der Waals surface area (Å²) in [5, 5.41) is 1.39. The Labute approximate surface area is 322 Å². The Balaban J connectivity index is 1.10. The Morgan fingerprint density at radius 3 is 1.58 bits per heavy atom. The summed E-state index contributed by atoms with van der Waals surface area (Å²) in [6, 6.07) is 67.1. The molecule has 0 unspecified atom stereocenters. The van der Waals surface area contributed by atoms with Gasteiger partial charge < -0.3 is 4.57 Å². The van der Waals surface area contributed by atoms with Crippen LogP contribution in [-0.4, -0.2) is 14.5 Å². The Kier molecular flexibility index (Phi) is 8.46. The molecular formula is C52H39N3. The van der Waals surface area contributed by atoms with E-state index in [-0.39, 0.29) is 0 Å². The molecule has 1 aliphatic carbocycles. The number of rotatable bonds is 7. The molecule has 0 atom stereocenters. The van der Waals surface area contributed by atoms with Gasteiger partial charge in [-0.15, -0.1) is 0 Å². The minimum atomic E-state index is 0.697. The van der Waals surface area contributed by atoms with Gasteiger partial charge in [-0.1, -0.05) is 140 Å². The summed E-state index contributed by atoms with van der Waals surface area (Å²) < 4.78 is 2.51. The van der Waals surface area contributed by atoms with Crippen molar-refractivity contribution < 1.29 is 0 Å². The van der Waals surface area contributed by atoms with E-state index in [9.17, 15) is 0 Å². The van der Waals surface area contributed by atoms with Crippen LogP contribution >= 0.6 is 0 Å². The molecule has 2 heterocycles. The van der Waals surface area contributed by atoms with Gasteiger partial charge in [-0.2, -0.15) is 0 Å². The van der Waals surface area contributed by atoms with Crippen molar-refractivity contribution in [3.05, 3.63) is 199 Å². The number of benzene rings is 7. The fraction of sp³-hybridized carbons (Fsp3) is 0.0769. The molecule has 0 N–H and O–H groups in total. The molecule has 9 aromatic rings. The number of aryl methyl sites for hydroxylation is 1. The zero-order chi connectivity index (χ0) is 36.6. The second kappa shape index (κ2) is 14.2. The third-order valence-corrected chi connectivity index (χ3v) is 11.0. The van der Waals surface area contributed by atoms with Crippen molar-refractivity contribution >= 4 is 10.9 Å². The molecule has 0 radical (unpaired) electrons. The lowest BCUT2D eigenvalue weighted by Crippen LogP contribution is -2.06. The van der Waals surface area contributed by atoms with Crippen LogP contribution in [0, 0.1) is 0 Å². The van der Waals surface area contributed by atoms with Gasteiger partial charge in [-0.25, -0.2) is 9.97 Å². The average Bonchev–Trinajstić information content (AvgIpc) is 3.61. The topological polar surface area (TPSA) is 30.7 Å². The second-order valence-corrected chi connectivity index (χ2v) is 14.5. The molecule has 0 bridgehead atoms. The van der Waals surface area contributed by atoms with Crippen LogP contribution in [0.15, 0.2) is 188 Å². The van der Waals surface area contributed by atoms with Crippen molar-refractivity contribution in [1.29, 1.82) is 0 Å². The molecule has 3 nitrogen and oxygen atoms in total. The highest BCUT2D eigenvalue weighted by Gasteiger charge is 2.21. The maximum absolute atomic E-state index is 5.33. The van der Waals surface area contributed by atoms with E-state index in [0.717, 1.165) is 68.7 Å². The van der Waals surface area contributed by atoms with Crippen LogP contribution in [-0.2, 0) is 12.8 Å². The monoisotopic (exact) mass is 705 g/mol. The largest absolute Gasteiger partial charge is 0.313 e. The summed E-state index contributed by atoms with van der Waals surface area (Å²) in [7, 11) is 0. The van der Waals surface area contributed by atoms with E-state index >= 15 is 0 Å². The summed E-state index contributed by atoms with van der Waals surface area (Å²) in [5.41, 5.74) is 17.3. The SMILES string of the molecule is c1ccc(-c2cc(-c3ccccc3)cc(-c3nc(-c4ccccc4)cc(-c4cccc(-c5cccc(-n6c7c(c8ccccc86)CCCC7)c5)c4)n3)c2)cc1. The summed E-state index contributed by atoms with van der Waals surface area (Å²) >= 11 is 0. The lowest BCUT2D eigenvalue weighted by atomic mass is 9.95. The Morgan fingerprint density at radius 2 is 0.873 bits per heavy atom. The van der Waals surface area contributed by atoms with Gasteiger partial charge in [-0.05, 0) is 113 Å². The molecule has 7 aromatic carbocycles. The van der Waals surface area contributed by atoms with Crippen molar-refractivity contribution in [2.75, 3.05) is 0 Å². The third kappa shape index (κ3) is 6.34. The van der Waals surface area contributed by atoms with Gasteiger partial charge in [0.2, 0.25) is 0 Å². The molecule has 0 fully saturated rings. The van der Waals surface area contributed by atoms with Crippen LogP contribution in [0.4, 0.5) is 0 Å². The molecule has 0 spiro atoms. The highest BCUT2D eigenvalue weighted by molar-refractivity contribution is 5.88. The van der Waals surface area contributed by atoms with Crippen LogP contribution in [0.1, 0.15) is 24.1 Å². The number of hydrogen-bond acceptors (Lipinski definition) is 2. The average molecular weight is 706 g/mol. The van der Waals surface area contributed by atoms with Crippen LogP contribution in [0.25, 0.3) is 83.9 Å². The minimum absolute atomic E-state index is 0.697. The molecule has 3 heteroatoms. The van der Waals surface area contributed by atoms with Crippen molar-refractivity contribution in [3.8, 4) is 73.0 Å². The maximum atomic E-state index is 5.33. The molecule has 0 aliphatic heterocycles. The van der Waals surface area contributed by atoms with E-state index in [0.29, 0.717) is 5.82 Å². The van der Waals surface area contributed by atoms with Gasteiger partial charge >= 0.3 is 0 Å². The number of para-hydroxylation sites is 1. The maximum Gasteiger partial charge on any atom is 0.160 e. The molecule has 0 saturated carbocycles. The first-order valence-electron chi connectivity index (χ1n) is 19.3. The second-order valence-electron chi connectivity index (χ2n) is 14.5. The van der Waals surface area contributed by atoms with Gasteiger partial charge in [0.15, 0.2) is 5.82 Å². The van der Waals surface area contributed by atoms with E-state index in [4.69, 9.17) is 9.97 Å². The van der Waals surface area contributed by atoms with Crippen LogP contribution in [0.2, 0.25) is 0 Å². The van der Waals surface area contributed by atoms with Gasteiger partial charge in [0.1, 0.15) is 0 Å². The first-order valence-corrected chi connectivity index (χ1v) is 19.3. The molecule has 2 aromatic heterocycles. The van der Waals surface area contributed by atoms with Crippen LogP contribution in [0.3, 0.4) is 0 Å². The summed E-state index contributed by atoms with van der Waals surface area (Å²) in [6.07, 6.45) is 4.77. The van der Waals surface area contributed by atoms with E-state index in [1.54, 1.807) is 0 Å². The predicted octanol–water partition coefficient (Wildman–Crippen LogP) is 13.3. The Bertz CT molecular complexity index is 2740. The van der Waals surface area contributed by atoms with Crippen LogP contribution < -0.4 is 0 Å². The van der Waals surface area contributed by atoms with Gasteiger partial charge in [0, 0.05) is 33.5 Å². The van der Waals surface area contributed by atoms with Crippen molar-refractivity contribution in [3.63, 3.8) is 0 Å². The highest BCUT2D eigenvalue weighted by Crippen LogP contribution is 2.37. The molecule has 55 heavy (non-hydrogen) atoms. The smallest absolute Gasteiger partial charge is 0.160 e. The molecule has 0 amide bonds. The van der Waals surface area contributed by atoms with E-state index < -0.39 is 0 Å². The number of nitrogens with zero attached hydrogens (tertiary/aromatic N) is 3. The number of aromatic nitrogens is 3. The van der Waals surface area contributed by atoms with Crippen LogP contribution in [0.5, 0.6) is 0 Å². The van der Waals surface area contributed by atoms with E-state index in [1.165, 1.54) is 46.3 Å². The van der Waals surface area contributed by atoms with Crippen molar-refractivity contribution in [2.24, 2.45) is 0 Å². The van der Waals surface area contributed by atoms with Gasteiger partial charge in [-0.3, -0.25) is 0 Å². The first-order chi connectivity index (χ1) is 27.2. The van der Waals surface area contributed by atoms with E-state index in [2.05, 4.69) is 187 Å². The fourth-order valence-corrected chi connectivity index (χ4v) is 8.31. The third-order valence-electron chi connectivity index (χ3n) is 11.0. The molecular weight excluding hydrogens is 667 g/mol. The zero-order valence-electron chi connectivity index (χ0n) is 30.6. The normalized spacial score (nSPS) is 12.4. The molecule has 10 rings (SSSR count). The van der Waals surface area contributed by atoms with Crippen molar-refractivity contribution in [2.45, 2.75) is 25.7 Å². The zero-order valence-corrected chi connectivity index (χ0v) is 30.6. The lowest BCUT2D eigenvalue weighted by Gasteiger charge is -2.17. The minimum Gasteiger partial charge on any atom is -0.313 e. The van der Waals surface area contributed by atoms with Gasteiger partial charge in [0.05, 0.1) is 16.9 Å². The van der Waals surface area contributed by atoms with Gasteiger partial charge in [0.25, 0.3) is 0 Å². The molecule has 0 saturated heterocycles. The number of hydrogen-bond donors (Lipinski definition) is 0. The summed E-state index contributed by atoms with van der Waals surface area (Å²) in [5.74, 6) is 0.697. The summed E-state index contributed by atoms with van der Waals surface area (Å²) in [6.45, 7) is 0. The predicted molar refractivity (Wildman–Crippen MR) is 228 cm³/mol. The lowest BCUT2D eigenvalue weighted by molar-refractivity contribution is 0.667. The standard InChI is InChI=1S/C52H39N3/c1-4-16-36(17-5-1)42-31-43(37-18-6-2-7-19-37)33-44(32-42)52-53-48(38-20-8-3-9-21-38)35-49(54-52)41-24-14-22-39(30-41)40-23-15-25-45(34-40)55-50-28-12-10-26-46(50)47-27-11-13-29-51(47)55/h1-10,12,14-26,28,30-35H,11,13,27,29H2. The number of fused-ring (bicyclic) bond motifs is 3. The molecule has 1 aliphatic rings. The molecule has 262 valence electrons. The first kappa shape index (κ1) is 32.8. The quantitative estimate of drug-likeness (QED) is 0.165. The van der Waals surface area contributed by atoms with E-state index in [1.807, 2.05) is 6.07 Å². The highest BCUT2D eigenvalue weighted by atomic mass is 15.0. The fourth-order valence-electron chi connectivity index (χ4n) is 8.31.